The first kappa shape index (κ1) is 13.8. The van der Waals surface area contributed by atoms with Crippen LogP contribution < -0.4 is 15.2 Å². The highest BCUT2D eigenvalue weighted by molar-refractivity contribution is 7.92. The molecule has 0 aromatic heterocycles. The maximum absolute atomic E-state index is 11.0. The fourth-order valence-electron chi connectivity index (χ4n) is 1.31. The molecule has 1 rings (SSSR count). The van der Waals surface area contributed by atoms with Gasteiger partial charge in [-0.15, -0.1) is 0 Å². The van der Waals surface area contributed by atoms with E-state index < -0.39 is 10.0 Å². The number of anilines is 1. The van der Waals surface area contributed by atoms with E-state index in [2.05, 4.69) is 4.72 Å². The second-order valence-corrected chi connectivity index (χ2v) is 5.53. The Morgan fingerprint density at radius 2 is 1.94 bits per heavy atom. The maximum atomic E-state index is 11.0. The molecule has 0 saturated heterocycles. The molecule has 3 N–H and O–H groups in total. The summed E-state index contributed by atoms with van der Waals surface area (Å²) in [6.07, 6.45) is 1.93. The van der Waals surface area contributed by atoms with Gasteiger partial charge in [-0.25, -0.2) is 8.42 Å². The Morgan fingerprint density at radius 3 is 2.35 bits per heavy atom. The predicted octanol–water partition coefficient (Wildman–Crippen LogP) is 1.17. The summed E-state index contributed by atoms with van der Waals surface area (Å²) < 4.78 is 30.0. The average molecular weight is 258 g/mol. The number of ether oxygens (including phenoxy) is 1. The Hall–Kier alpha value is -1.27. The van der Waals surface area contributed by atoms with Crippen molar-refractivity contribution in [2.24, 2.45) is 5.73 Å². The van der Waals surface area contributed by atoms with Crippen molar-refractivity contribution < 1.29 is 13.2 Å². The SMILES string of the molecule is CCC(CN)Oc1ccc(NS(C)(=O)=O)cc1. The number of nitrogens with one attached hydrogen (secondary N) is 1. The van der Waals surface area contributed by atoms with Gasteiger partial charge in [-0.05, 0) is 30.7 Å². The molecule has 0 saturated carbocycles. The predicted molar refractivity (Wildman–Crippen MR) is 68.7 cm³/mol. The van der Waals surface area contributed by atoms with Gasteiger partial charge in [0, 0.05) is 12.2 Å². The molecule has 0 amide bonds. The van der Waals surface area contributed by atoms with Crippen LogP contribution in [0.15, 0.2) is 24.3 Å². The van der Waals surface area contributed by atoms with E-state index in [4.69, 9.17) is 10.5 Å². The van der Waals surface area contributed by atoms with Crippen LogP contribution in [0.3, 0.4) is 0 Å². The minimum atomic E-state index is -3.23. The quantitative estimate of drug-likeness (QED) is 0.802. The molecule has 0 aliphatic carbocycles. The molecule has 0 heterocycles. The molecule has 0 spiro atoms. The molecule has 0 fully saturated rings. The third kappa shape index (κ3) is 5.06. The lowest BCUT2D eigenvalue weighted by atomic mass is 10.2. The zero-order chi connectivity index (χ0) is 12.9. The molecular formula is C11H18N2O3S. The van der Waals surface area contributed by atoms with Gasteiger partial charge in [0.25, 0.3) is 0 Å². The topological polar surface area (TPSA) is 81.4 Å². The van der Waals surface area contributed by atoms with Gasteiger partial charge in [-0.2, -0.15) is 0 Å². The van der Waals surface area contributed by atoms with Gasteiger partial charge in [0.05, 0.1) is 6.26 Å². The van der Waals surface area contributed by atoms with E-state index in [1.54, 1.807) is 24.3 Å². The average Bonchev–Trinajstić information content (AvgIpc) is 2.26. The van der Waals surface area contributed by atoms with Crippen molar-refractivity contribution in [2.45, 2.75) is 19.4 Å². The third-order valence-electron chi connectivity index (χ3n) is 2.18. The Labute approximate surface area is 102 Å². The van der Waals surface area contributed by atoms with Gasteiger partial charge in [0.2, 0.25) is 10.0 Å². The first-order valence-corrected chi connectivity index (χ1v) is 7.28. The fourth-order valence-corrected chi connectivity index (χ4v) is 1.87. The largest absolute Gasteiger partial charge is 0.489 e. The maximum Gasteiger partial charge on any atom is 0.229 e. The Kier molecular flexibility index (Phi) is 4.77. The highest BCUT2D eigenvalue weighted by Gasteiger charge is 2.06. The number of hydrogen-bond acceptors (Lipinski definition) is 4. The molecule has 0 bridgehead atoms. The lowest BCUT2D eigenvalue weighted by Gasteiger charge is -2.15. The van der Waals surface area contributed by atoms with Crippen LogP contribution in [0.2, 0.25) is 0 Å². The van der Waals surface area contributed by atoms with Crippen LogP contribution in [-0.4, -0.2) is 27.3 Å². The highest BCUT2D eigenvalue weighted by atomic mass is 32.2. The second kappa shape index (κ2) is 5.88. The standard InChI is InChI=1S/C11H18N2O3S/c1-3-10(8-12)16-11-6-4-9(5-7-11)13-17(2,14)15/h4-7,10,13H,3,8,12H2,1-2H3. The molecule has 1 atom stereocenters. The van der Waals surface area contributed by atoms with Crippen molar-refractivity contribution in [3.8, 4) is 5.75 Å². The second-order valence-electron chi connectivity index (χ2n) is 3.78. The van der Waals surface area contributed by atoms with Gasteiger partial charge in [0.15, 0.2) is 0 Å². The van der Waals surface area contributed by atoms with E-state index in [-0.39, 0.29) is 6.10 Å². The number of rotatable bonds is 6. The van der Waals surface area contributed by atoms with Crippen LogP contribution in [-0.2, 0) is 10.0 Å². The molecule has 17 heavy (non-hydrogen) atoms. The highest BCUT2D eigenvalue weighted by Crippen LogP contribution is 2.18. The molecule has 5 nitrogen and oxygen atoms in total. The van der Waals surface area contributed by atoms with Gasteiger partial charge in [0.1, 0.15) is 11.9 Å². The molecule has 0 radical (unpaired) electrons. The Balaban J connectivity index is 2.68. The first-order chi connectivity index (χ1) is 7.94. The number of nitrogens with two attached hydrogens (primary N) is 1. The monoisotopic (exact) mass is 258 g/mol. The van der Waals surface area contributed by atoms with Crippen molar-refractivity contribution in [1.82, 2.24) is 0 Å². The number of sulfonamides is 1. The van der Waals surface area contributed by atoms with E-state index in [9.17, 15) is 8.42 Å². The third-order valence-corrected chi connectivity index (χ3v) is 2.79. The van der Waals surface area contributed by atoms with Crippen molar-refractivity contribution in [3.05, 3.63) is 24.3 Å². The Morgan fingerprint density at radius 1 is 1.35 bits per heavy atom. The molecule has 1 aromatic rings. The van der Waals surface area contributed by atoms with Gasteiger partial charge in [-0.3, -0.25) is 4.72 Å². The molecule has 0 aliphatic rings. The van der Waals surface area contributed by atoms with Gasteiger partial charge >= 0.3 is 0 Å². The minimum absolute atomic E-state index is 0.0104. The van der Waals surface area contributed by atoms with E-state index in [0.717, 1.165) is 12.7 Å². The van der Waals surface area contributed by atoms with Crippen molar-refractivity contribution >= 4 is 15.7 Å². The smallest absolute Gasteiger partial charge is 0.229 e. The van der Waals surface area contributed by atoms with E-state index in [0.29, 0.717) is 18.0 Å². The van der Waals surface area contributed by atoms with Gasteiger partial charge < -0.3 is 10.5 Å². The molecule has 1 aromatic carbocycles. The van der Waals surface area contributed by atoms with Gasteiger partial charge in [-0.1, -0.05) is 6.92 Å². The summed E-state index contributed by atoms with van der Waals surface area (Å²) >= 11 is 0. The first-order valence-electron chi connectivity index (χ1n) is 5.39. The summed E-state index contributed by atoms with van der Waals surface area (Å²) in [6.45, 7) is 2.46. The van der Waals surface area contributed by atoms with Crippen LogP contribution in [0.5, 0.6) is 5.75 Å². The lowest BCUT2D eigenvalue weighted by Crippen LogP contribution is -2.25. The lowest BCUT2D eigenvalue weighted by molar-refractivity contribution is 0.205. The van der Waals surface area contributed by atoms with Crippen LogP contribution >= 0.6 is 0 Å². The summed E-state index contributed by atoms with van der Waals surface area (Å²) in [5.74, 6) is 0.682. The normalized spacial score (nSPS) is 13.1. The Bertz CT molecular complexity index is 438. The van der Waals surface area contributed by atoms with E-state index in [1.165, 1.54) is 0 Å². The van der Waals surface area contributed by atoms with Crippen LogP contribution in [0.25, 0.3) is 0 Å². The molecular weight excluding hydrogens is 240 g/mol. The number of benzene rings is 1. The molecule has 1 unspecified atom stereocenters. The summed E-state index contributed by atoms with van der Waals surface area (Å²) in [7, 11) is -3.23. The molecule has 0 aliphatic heterocycles. The zero-order valence-corrected chi connectivity index (χ0v) is 10.8. The van der Waals surface area contributed by atoms with E-state index >= 15 is 0 Å². The summed E-state index contributed by atoms with van der Waals surface area (Å²) in [6, 6.07) is 6.73. The molecule has 6 heteroatoms. The summed E-state index contributed by atoms with van der Waals surface area (Å²) in [5, 5.41) is 0. The van der Waals surface area contributed by atoms with Crippen molar-refractivity contribution in [2.75, 3.05) is 17.5 Å². The zero-order valence-electron chi connectivity index (χ0n) is 10.0. The van der Waals surface area contributed by atoms with Crippen molar-refractivity contribution in [3.63, 3.8) is 0 Å². The van der Waals surface area contributed by atoms with Crippen molar-refractivity contribution in [1.29, 1.82) is 0 Å². The van der Waals surface area contributed by atoms with Crippen LogP contribution in [0, 0.1) is 0 Å². The summed E-state index contributed by atoms with van der Waals surface area (Å²) in [5.41, 5.74) is 6.04. The van der Waals surface area contributed by atoms with Crippen LogP contribution in [0.4, 0.5) is 5.69 Å². The minimum Gasteiger partial charge on any atom is -0.489 e. The molecule has 96 valence electrons. The number of hydrogen-bond donors (Lipinski definition) is 2. The van der Waals surface area contributed by atoms with Crippen LogP contribution in [0.1, 0.15) is 13.3 Å². The summed E-state index contributed by atoms with van der Waals surface area (Å²) in [4.78, 5) is 0. The fraction of sp³-hybridized carbons (Fsp3) is 0.455. The van der Waals surface area contributed by atoms with E-state index in [1.807, 2.05) is 6.92 Å².